The first-order valence-electron chi connectivity index (χ1n) is 5.48. The highest BCUT2D eigenvalue weighted by molar-refractivity contribution is 8.03. The zero-order chi connectivity index (χ0) is 12.8. The van der Waals surface area contributed by atoms with Gasteiger partial charge in [0, 0.05) is 24.0 Å². The topological polar surface area (TPSA) is 53.2 Å². The molecular formula is C12H19N3OS. The Bertz CT molecular complexity index is 363. The molecule has 0 aliphatic carbocycles. The van der Waals surface area contributed by atoms with Gasteiger partial charge in [-0.05, 0) is 19.9 Å². The molecule has 0 aromatic rings. The number of hydrogen-bond donors (Lipinski definition) is 3. The van der Waals surface area contributed by atoms with Crippen molar-refractivity contribution in [3.63, 3.8) is 0 Å². The smallest absolute Gasteiger partial charge is 0.259 e. The highest BCUT2D eigenvalue weighted by atomic mass is 32.2. The maximum atomic E-state index is 11.9. The standard InChI is InChI=1S/C12H19N3OS/c1-5-8(2)14-7-17-11-10(4)13-6-9(3)15-12(11)16/h5,9,13-14H,1-2,6-7H2,3-4H3,(H,15,16)/t9-/m1/s1. The monoisotopic (exact) mass is 253 g/mol. The summed E-state index contributed by atoms with van der Waals surface area (Å²) in [5.41, 5.74) is 1.67. The third-order valence-corrected chi connectivity index (χ3v) is 3.43. The third-order valence-electron chi connectivity index (χ3n) is 2.36. The van der Waals surface area contributed by atoms with Crippen LogP contribution in [0.5, 0.6) is 0 Å². The Morgan fingerprint density at radius 3 is 3.06 bits per heavy atom. The van der Waals surface area contributed by atoms with Gasteiger partial charge < -0.3 is 16.0 Å². The summed E-state index contributed by atoms with van der Waals surface area (Å²) in [5, 5.41) is 9.22. The van der Waals surface area contributed by atoms with Crippen LogP contribution in [0.4, 0.5) is 0 Å². The fraction of sp³-hybridized carbons (Fsp3) is 0.417. The van der Waals surface area contributed by atoms with Crippen LogP contribution in [0.25, 0.3) is 0 Å². The normalized spacial score (nSPS) is 20.1. The van der Waals surface area contributed by atoms with E-state index in [0.29, 0.717) is 5.88 Å². The molecule has 17 heavy (non-hydrogen) atoms. The van der Waals surface area contributed by atoms with Gasteiger partial charge in [-0.25, -0.2) is 0 Å². The number of thioether (sulfide) groups is 1. The van der Waals surface area contributed by atoms with Crippen molar-refractivity contribution < 1.29 is 4.79 Å². The number of rotatable bonds is 5. The van der Waals surface area contributed by atoms with E-state index in [-0.39, 0.29) is 11.9 Å². The second-order valence-electron chi connectivity index (χ2n) is 3.90. The largest absolute Gasteiger partial charge is 0.385 e. The number of carbonyl (C=O) groups is 1. The van der Waals surface area contributed by atoms with Gasteiger partial charge in [0.25, 0.3) is 5.91 Å². The molecule has 0 radical (unpaired) electrons. The van der Waals surface area contributed by atoms with Crippen molar-refractivity contribution in [1.29, 1.82) is 0 Å². The minimum atomic E-state index is -0.0176. The van der Waals surface area contributed by atoms with Crippen molar-refractivity contribution in [1.82, 2.24) is 16.0 Å². The molecule has 0 unspecified atom stereocenters. The molecule has 3 N–H and O–H groups in total. The molecule has 5 heteroatoms. The van der Waals surface area contributed by atoms with Crippen LogP contribution in [-0.2, 0) is 4.79 Å². The minimum Gasteiger partial charge on any atom is -0.385 e. The van der Waals surface area contributed by atoms with Gasteiger partial charge in [0.15, 0.2) is 0 Å². The predicted octanol–water partition coefficient (Wildman–Crippen LogP) is 1.31. The Hall–Kier alpha value is -1.36. The lowest BCUT2D eigenvalue weighted by atomic mass is 10.3. The molecule has 94 valence electrons. The molecule has 1 rings (SSSR count). The average molecular weight is 253 g/mol. The van der Waals surface area contributed by atoms with E-state index in [1.807, 2.05) is 13.8 Å². The van der Waals surface area contributed by atoms with E-state index in [1.54, 1.807) is 6.08 Å². The molecular weight excluding hydrogens is 234 g/mol. The zero-order valence-electron chi connectivity index (χ0n) is 10.3. The van der Waals surface area contributed by atoms with Crippen molar-refractivity contribution in [3.05, 3.63) is 35.5 Å². The molecule has 0 saturated carbocycles. The Morgan fingerprint density at radius 2 is 2.41 bits per heavy atom. The first-order chi connectivity index (χ1) is 8.04. The first kappa shape index (κ1) is 13.7. The van der Waals surface area contributed by atoms with Gasteiger partial charge in [0.1, 0.15) is 0 Å². The number of allylic oxidation sites excluding steroid dienone is 2. The summed E-state index contributed by atoms with van der Waals surface area (Å²) >= 11 is 1.46. The Labute approximate surface area is 107 Å². The van der Waals surface area contributed by atoms with Gasteiger partial charge in [-0.2, -0.15) is 0 Å². The lowest BCUT2D eigenvalue weighted by Crippen LogP contribution is -2.36. The number of amides is 1. The molecule has 1 atom stereocenters. The van der Waals surface area contributed by atoms with Crippen LogP contribution in [0.1, 0.15) is 13.8 Å². The van der Waals surface area contributed by atoms with Crippen LogP contribution in [0.15, 0.2) is 35.5 Å². The van der Waals surface area contributed by atoms with Crippen molar-refractivity contribution in [2.45, 2.75) is 19.9 Å². The Kier molecular flexibility index (Phi) is 5.15. The molecule has 1 heterocycles. The molecule has 0 fully saturated rings. The number of nitrogens with one attached hydrogen (secondary N) is 3. The quantitative estimate of drug-likeness (QED) is 0.511. The van der Waals surface area contributed by atoms with Crippen LogP contribution < -0.4 is 16.0 Å². The third kappa shape index (κ3) is 4.19. The Morgan fingerprint density at radius 1 is 1.71 bits per heavy atom. The van der Waals surface area contributed by atoms with Crippen molar-refractivity contribution >= 4 is 17.7 Å². The van der Waals surface area contributed by atoms with E-state index < -0.39 is 0 Å². The van der Waals surface area contributed by atoms with E-state index in [2.05, 4.69) is 29.1 Å². The van der Waals surface area contributed by atoms with Crippen LogP contribution in [0, 0.1) is 0 Å². The molecule has 1 aliphatic rings. The van der Waals surface area contributed by atoms with Gasteiger partial charge in [-0.3, -0.25) is 4.79 Å². The lowest BCUT2D eigenvalue weighted by molar-refractivity contribution is -0.117. The minimum absolute atomic E-state index is 0.0176. The molecule has 0 spiro atoms. The highest BCUT2D eigenvalue weighted by Crippen LogP contribution is 2.19. The molecule has 4 nitrogen and oxygen atoms in total. The molecule has 0 aromatic carbocycles. The first-order valence-corrected chi connectivity index (χ1v) is 6.46. The summed E-state index contributed by atoms with van der Waals surface area (Å²) in [7, 11) is 0. The molecule has 1 aliphatic heterocycles. The van der Waals surface area contributed by atoms with Crippen LogP contribution in [-0.4, -0.2) is 24.4 Å². The van der Waals surface area contributed by atoms with Crippen LogP contribution in [0.2, 0.25) is 0 Å². The molecule has 1 amide bonds. The molecule has 0 aromatic heterocycles. The zero-order valence-corrected chi connectivity index (χ0v) is 11.1. The maximum absolute atomic E-state index is 11.9. The molecule has 0 saturated heterocycles. The van der Waals surface area contributed by atoms with Crippen LogP contribution in [0.3, 0.4) is 0 Å². The van der Waals surface area contributed by atoms with Crippen molar-refractivity contribution in [3.8, 4) is 0 Å². The summed E-state index contributed by atoms with van der Waals surface area (Å²) in [5.74, 6) is 0.581. The lowest BCUT2D eigenvalue weighted by Gasteiger charge is -2.10. The summed E-state index contributed by atoms with van der Waals surface area (Å²) in [4.78, 5) is 12.6. The van der Waals surface area contributed by atoms with E-state index in [4.69, 9.17) is 0 Å². The van der Waals surface area contributed by atoms with Gasteiger partial charge in [0.05, 0.1) is 10.8 Å². The SMILES string of the molecule is C=CC(=C)NCSC1=C(C)NC[C@@H](C)NC1=O. The number of carbonyl (C=O) groups excluding carboxylic acids is 1. The van der Waals surface area contributed by atoms with E-state index in [0.717, 1.165) is 22.8 Å². The van der Waals surface area contributed by atoms with Crippen molar-refractivity contribution in [2.75, 3.05) is 12.4 Å². The van der Waals surface area contributed by atoms with E-state index in [9.17, 15) is 4.79 Å². The summed E-state index contributed by atoms with van der Waals surface area (Å²) in [6, 6.07) is 0.145. The number of hydrogen-bond acceptors (Lipinski definition) is 4. The van der Waals surface area contributed by atoms with Crippen LogP contribution >= 0.6 is 11.8 Å². The average Bonchev–Trinajstić information content (AvgIpc) is 2.41. The second-order valence-corrected chi connectivity index (χ2v) is 4.89. The molecule has 0 bridgehead atoms. The van der Waals surface area contributed by atoms with Crippen molar-refractivity contribution in [2.24, 2.45) is 0 Å². The Balaban J connectivity index is 2.57. The fourth-order valence-corrected chi connectivity index (χ4v) is 2.22. The van der Waals surface area contributed by atoms with E-state index in [1.165, 1.54) is 11.8 Å². The summed E-state index contributed by atoms with van der Waals surface area (Å²) in [6.07, 6.45) is 1.65. The maximum Gasteiger partial charge on any atom is 0.259 e. The summed E-state index contributed by atoms with van der Waals surface area (Å²) in [6.45, 7) is 12.0. The van der Waals surface area contributed by atoms with Gasteiger partial charge in [-0.15, -0.1) is 0 Å². The van der Waals surface area contributed by atoms with E-state index >= 15 is 0 Å². The fourth-order valence-electron chi connectivity index (χ4n) is 1.34. The van der Waals surface area contributed by atoms with Gasteiger partial charge in [-0.1, -0.05) is 24.9 Å². The predicted molar refractivity (Wildman–Crippen MR) is 73.2 cm³/mol. The van der Waals surface area contributed by atoms with Gasteiger partial charge >= 0.3 is 0 Å². The second kappa shape index (κ2) is 6.39. The highest BCUT2D eigenvalue weighted by Gasteiger charge is 2.19. The summed E-state index contributed by atoms with van der Waals surface area (Å²) < 4.78 is 0. The van der Waals surface area contributed by atoms with Gasteiger partial charge in [0.2, 0.25) is 0 Å².